The van der Waals surface area contributed by atoms with Gasteiger partial charge < -0.3 is 55.6 Å². The van der Waals surface area contributed by atoms with Crippen molar-refractivity contribution >= 4 is 43.8 Å². The Kier molecular flexibility index (Phi) is 21.6. The Hall–Kier alpha value is -6.27. The van der Waals surface area contributed by atoms with Crippen LogP contribution in [0.3, 0.4) is 0 Å². The van der Waals surface area contributed by atoms with Crippen molar-refractivity contribution in [2.75, 3.05) is 45.0 Å². The molecule has 0 bridgehead atoms. The Bertz CT molecular complexity index is 2560. The first kappa shape index (κ1) is 58.0. The van der Waals surface area contributed by atoms with E-state index in [1.54, 1.807) is 51.3 Å². The summed E-state index contributed by atoms with van der Waals surface area (Å²) < 4.78 is 82.9. The number of phenolic OH excluding ortho intramolecular Hbond substituents is 1. The molecule has 22 heteroatoms. The summed E-state index contributed by atoms with van der Waals surface area (Å²) in [6.45, 7) is 7.75. The highest BCUT2D eigenvalue weighted by Gasteiger charge is 2.36. The SMILES string of the molecule is COc1c(CC(=O)c2cc3c(cc2O)OC(C)(C)C(O)C3)ccc2c1C=CC(C)(C)O2.N=C(N)c1ccc(OCCCCCOc2ccc(C(=N)N)cc2)cc1.O=S(=O)(O)CCO.O=S(=O)(O)CCO. The molecule has 2 aliphatic heterocycles. The molecule has 70 heavy (non-hydrogen) atoms. The zero-order chi connectivity index (χ0) is 52.5. The van der Waals surface area contributed by atoms with Gasteiger partial charge >= 0.3 is 0 Å². The van der Waals surface area contributed by atoms with Crippen LogP contribution in [-0.2, 0) is 33.1 Å². The maximum Gasteiger partial charge on any atom is 0.267 e. The van der Waals surface area contributed by atoms with Crippen LogP contribution in [0.15, 0.2) is 78.9 Å². The van der Waals surface area contributed by atoms with E-state index in [4.69, 9.17) is 65.3 Å². The van der Waals surface area contributed by atoms with Crippen LogP contribution in [0.1, 0.15) is 85.1 Å². The number of fused-ring (bicyclic) bond motifs is 2. The van der Waals surface area contributed by atoms with Gasteiger partial charge in [0.2, 0.25) is 0 Å². The van der Waals surface area contributed by atoms with E-state index in [0.717, 1.165) is 36.3 Å². The van der Waals surface area contributed by atoms with Crippen molar-refractivity contribution < 1.29 is 74.8 Å². The summed E-state index contributed by atoms with van der Waals surface area (Å²) in [6.07, 6.45) is 6.50. The van der Waals surface area contributed by atoms with E-state index >= 15 is 0 Å². The predicted molar refractivity (Wildman–Crippen MR) is 264 cm³/mol. The van der Waals surface area contributed by atoms with Crippen LogP contribution in [0.5, 0.6) is 34.5 Å². The number of nitrogens with one attached hydrogen (secondary N) is 2. The zero-order valence-corrected chi connectivity index (χ0v) is 41.3. The van der Waals surface area contributed by atoms with Gasteiger partial charge in [-0.25, -0.2) is 0 Å². The molecule has 20 nitrogen and oxygen atoms in total. The number of aliphatic hydroxyl groups is 3. The van der Waals surface area contributed by atoms with E-state index in [1.165, 1.54) is 6.07 Å². The topological polar surface area (TPSA) is 353 Å². The Morgan fingerprint density at radius 3 is 1.69 bits per heavy atom. The highest BCUT2D eigenvalue weighted by Crippen LogP contribution is 2.41. The molecule has 0 spiro atoms. The number of rotatable bonds is 18. The third-order valence-electron chi connectivity index (χ3n) is 10.2. The fourth-order valence-corrected chi connectivity index (χ4v) is 6.94. The fraction of sp³-hybridized carbons (Fsp3) is 0.396. The van der Waals surface area contributed by atoms with Crippen molar-refractivity contribution in [3.8, 4) is 34.5 Å². The number of amidine groups is 2. The molecular weight excluding hydrogens is 953 g/mol. The average Bonchev–Trinajstić information content (AvgIpc) is 3.26. The molecule has 0 saturated heterocycles. The number of benzene rings is 4. The number of Topliss-reactive ketones (excluding diaryl/α,β-unsaturated/α-hetero) is 1. The summed E-state index contributed by atoms with van der Waals surface area (Å²) in [6, 6.07) is 21.1. The molecular formula is C48H64N4O16S2. The van der Waals surface area contributed by atoms with Gasteiger partial charge in [0.05, 0.1) is 62.3 Å². The van der Waals surface area contributed by atoms with Crippen molar-refractivity contribution in [3.05, 3.63) is 112 Å². The first-order valence-electron chi connectivity index (χ1n) is 21.8. The first-order valence-corrected chi connectivity index (χ1v) is 25.0. The molecule has 4 aromatic rings. The van der Waals surface area contributed by atoms with Gasteiger partial charge in [0.1, 0.15) is 57.4 Å². The highest BCUT2D eigenvalue weighted by atomic mass is 32.2. The van der Waals surface area contributed by atoms with Gasteiger partial charge in [-0.15, -0.1) is 0 Å². The molecule has 0 amide bonds. The van der Waals surface area contributed by atoms with Gasteiger partial charge in [-0.2, -0.15) is 16.8 Å². The number of phenols is 1. The summed E-state index contributed by atoms with van der Waals surface area (Å²) in [4.78, 5) is 13.1. The fourth-order valence-electron chi connectivity index (χ4n) is 6.47. The third kappa shape index (κ3) is 19.3. The number of ketones is 1. The van der Waals surface area contributed by atoms with Gasteiger partial charge in [-0.3, -0.25) is 24.7 Å². The number of aliphatic hydroxyl groups excluding tert-OH is 3. The maximum absolute atomic E-state index is 13.1. The van der Waals surface area contributed by atoms with Gasteiger partial charge in [-0.05, 0) is 125 Å². The monoisotopic (exact) mass is 1020 g/mol. The maximum atomic E-state index is 13.1. The molecule has 2 aliphatic rings. The normalized spacial score (nSPS) is 14.9. The molecule has 0 fully saturated rings. The molecule has 6 rings (SSSR count). The lowest BCUT2D eigenvalue weighted by Crippen LogP contribution is -2.46. The van der Waals surface area contributed by atoms with Gasteiger partial charge in [0.25, 0.3) is 20.2 Å². The number of ether oxygens (including phenoxy) is 5. The summed E-state index contributed by atoms with van der Waals surface area (Å²) >= 11 is 0. The van der Waals surface area contributed by atoms with Crippen LogP contribution >= 0.6 is 0 Å². The molecule has 0 aliphatic carbocycles. The molecule has 12 N–H and O–H groups in total. The Morgan fingerprint density at radius 1 is 0.757 bits per heavy atom. The Balaban J connectivity index is 0.000000295. The number of methoxy groups -OCH3 is 1. The van der Waals surface area contributed by atoms with Crippen LogP contribution in [0.25, 0.3) is 6.08 Å². The molecule has 4 aromatic carbocycles. The lowest BCUT2D eigenvalue weighted by molar-refractivity contribution is -0.0412. The number of carbonyl (C=O) groups is 1. The lowest BCUT2D eigenvalue weighted by Gasteiger charge is -2.37. The second-order valence-electron chi connectivity index (χ2n) is 16.9. The summed E-state index contributed by atoms with van der Waals surface area (Å²) in [5.41, 5.74) is 13.4. The van der Waals surface area contributed by atoms with E-state index in [1.807, 2.05) is 62.4 Å². The van der Waals surface area contributed by atoms with E-state index in [0.29, 0.717) is 59.1 Å². The quantitative estimate of drug-likeness (QED) is 0.0212. The number of hydrogen-bond acceptors (Lipinski definition) is 16. The second-order valence-corrected chi connectivity index (χ2v) is 20.0. The molecule has 0 aromatic heterocycles. The van der Waals surface area contributed by atoms with Crippen LogP contribution in [0.2, 0.25) is 0 Å². The smallest absolute Gasteiger partial charge is 0.267 e. The number of aromatic hydroxyl groups is 1. The number of unbranched alkanes of at least 4 members (excludes halogenated alkanes) is 2. The molecule has 0 saturated carbocycles. The van der Waals surface area contributed by atoms with Crippen molar-refractivity contribution in [2.24, 2.45) is 11.5 Å². The first-order chi connectivity index (χ1) is 32.7. The number of carbonyl (C=O) groups excluding carboxylic acids is 1. The summed E-state index contributed by atoms with van der Waals surface area (Å²) in [7, 11) is -6.28. The third-order valence-corrected chi connectivity index (χ3v) is 11.6. The molecule has 1 atom stereocenters. The summed E-state index contributed by atoms with van der Waals surface area (Å²) in [5, 5.41) is 51.2. The molecule has 384 valence electrons. The lowest BCUT2D eigenvalue weighted by atomic mass is 9.89. The number of nitrogens with two attached hydrogens (primary N) is 2. The minimum atomic E-state index is -3.92. The molecule has 2 heterocycles. The Labute approximate surface area is 408 Å². The minimum Gasteiger partial charge on any atom is -0.507 e. The number of hydrogen-bond donors (Lipinski definition) is 10. The van der Waals surface area contributed by atoms with Crippen molar-refractivity contribution in [2.45, 2.75) is 77.1 Å². The minimum absolute atomic E-state index is 0.0505. The highest BCUT2D eigenvalue weighted by molar-refractivity contribution is 7.86. The number of nitrogen functional groups attached to an aromatic ring is 2. The Morgan fingerprint density at radius 2 is 1.26 bits per heavy atom. The van der Waals surface area contributed by atoms with Crippen molar-refractivity contribution in [1.29, 1.82) is 10.8 Å². The van der Waals surface area contributed by atoms with Crippen molar-refractivity contribution in [1.82, 2.24) is 0 Å². The predicted octanol–water partition coefficient (Wildman–Crippen LogP) is 4.70. The standard InChI is InChI=1S/C25H28O6.C19H24N4O2.2C2H6O4S/c1-24(2)9-8-16-20(30-24)7-6-14(23(16)29-5)11-18(26)17-10-15-12-22(28)25(3,4)31-21(15)13-19(17)27;20-18(21)14-4-8-16(9-5-14)24-12-2-1-3-13-25-17-10-6-15(7-11-17)19(22)23;2*3-1-2-7(4,5)6/h6-10,13,22,27-28H,11-12H2,1-5H3;4-11H,1-3,12-13H2,(H3,20,21)(H3,22,23);2*3H,1-2H2,(H,4,5,6). The second kappa shape index (κ2) is 26.1. The van der Waals surface area contributed by atoms with Crippen LogP contribution < -0.4 is 35.2 Å². The van der Waals surface area contributed by atoms with E-state index in [2.05, 4.69) is 0 Å². The average molecular weight is 1020 g/mol. The largest absolute Gasteiger partial charge is 0.507 e. The van der Waals surface area contributed by atoms with Crippen LogP contribution in [0, 0.1) is 10.8 Å². The van der Waals surface area contributed by atoms with Gasteiger partial charge in [0, 0.05) is 35.6 Å². The van der Waals surface area contributed by atoms with E-state index < -0.39 is 62.3 Å². The van der Waals surface area contributed by atoms with Crippen LogP contribution in [-0.4, -0.2) is 126 Å². The molecule has 1 unspecified atom stereocenters. The molecule has 0 radical (unpaired) electrons. The zero-order valence-electron chi connectivity index (χ0n) is 39.7. The van der Waals surface area contributed by atoms with Crippen molar-refractivity contribution in [3.63, 3.8) is 0 Å². The van der Waals surface area contributed by atoms with Gasteiger partial charge in [0.15, 0.2) is 5.78 Å². The van der Waals surface area contributed by atoms with Gasteiger partial charge in [-0.1, -0.05) is 6.07 Å². The van der Waals surface area contributed by atoms with Crippen LogP contribution in [0.4, 0.5) is 0 Å². The van der Waals surface area contributed by atoms with E-state index in [-0.39, 0.29) is 35.2 Å². The van der Waals surface area contributed by atoms with E-state index in [9.17, 15) is 31.8 Å². The summed E-state index contributed by atoms with van der Waals surface area (Å²) in [5.74, 6) is 1.91.